The molecule has 0 spiro atoms. The van der Waals surface area contributed by atoms with Crippen molar-refractivity contribution < 1.29 is 14.3 Å². The number of carbonyl (C=O) groups excluding carboxylic acids is 1. The molecule has 0 heterocycles. The minimum atomic E-state index is -0.397. The number of nitrogens with one attached hydrogen (secondary N) is 1. The van der Waals surface area contributed by atoms with E-state index in [-0.39, 0.29) is 25.1 Å². The zero-order chi connectivity index (χ0) is 20.5. The Labute approximate surface area is 170 Å². The van der Waals surface area contributed by atoms with Crippen LogP contribution in [-0.2, 0) is 4.79 Å². The zero-order valence-electron chi connectivity index (χ0n) is 16.2. The quantitative estimate of drug-likeness (QED) is 0.573. The standard InChI is InChI=1S/C24H25FN2O2/c25-21-13-7-14-22(17-21)26-23(29)18-27(15-8-16-28)24(19-9-3-1-4-10-19)20-11-5-2-6-12-20/h1-7,9-14,17,24,28H,8,15-16,18H2,(H,26,29). The number of anilines is 1. The highest BCUT2D eigenvalue weighted by atomic mass is 19.1. The second kappa shape index (κ2) is 10.5. The lowest BCUT2D eigenvalue weighted by Crippen LogP contribution is -2.37. The van der Waals surface area contributed by atoms with E-state index in [1.165, 1.54) is 12.1 Å². The van der Waals surface area contributed by atoms with Crippen LogP contribution in [0.15, 0.2) is 84.9 Å². The second-order valence-corrected chi connectivity index (χ2v) is 6.83. The summed E-state index contributed by atoms with van der Waals surface area (Å²) in [4.78, 5) is 14.8. The molecule has 0 radical (unpaired) electrons. The minimum Gasteiger partial charge on any atom is -0.396 e. The third-order valence-corrected chi connectivity index (χ3v) is 4.65. The highest BCUT2D eigenvalue weighted by Gasteiger charge is 2.24. The largest absolute Gasteiger partial charge is 0.396 e. The van der Waals surface area contributed by atoms with Gasteiger partial charge < -0.3 is 10.4 Å². The van der Waals surface area contributed by atoms with Gasteiger partial charge in [-0.2, -0.15) is 0 Å². The molecular formula is C24H25FN2O2. The third kappa shape index (κ3) is 5.98. The minimum absolute atomic E-state index is 0.0400. The van der Waals surface area contributed by atoms with Gasteiger partial charge in [0.1, 0.15) is 5.82 Å². The fourth-order valence-electron chi connectivity index (χ4n) is 3.41. The average Bonchev–Trinajstić information content (AvgIpc) is 2.73. The van der Waals surface area contributed by atoms with E-state index < -0.39 is 5.82 Å². The van der Waals surface area contributed by atoms with Crippen molar-refractivity contribution in [3.05, 3.63) is 102 Å². The molecule has 5 heteroatoms. The van der Waals surface area contributed by atoms with E-state index in [0.29, 0.717) is 18.7 Å². The van der Waals surface area contributed by atoms with Crippen LogP contribution in [-0.4, -0.2) is 35.6 Å². The van der Waals surface area contributed by atoms with Crippen LogP contribution in [0.1, 0.15) is 23.6 Å². The zero-order valence-corrected chi connectivity index (χ0v) is 16.2. The number of benzene rings is 3. The highest BCUT2D eigenvalue weighted by molar-refractivity contribution is 5.92. The average molecular weight is 392 g/mol. The Hall–Kier alpha value is -3.02. The Morgan fingerprint density at radius 1 is 0.931 bits per heavy atom. The topological polar surface area (TPSA) is 52.6 Å². The Morgan fingerprint density at radius 3 is 2.10 bits per heavy atom. The normalized spacial score (nSPS) is 11.0. The van der Waals surface area contributed by atoms with Gasteiger partial charge in [-0.25, -0.2) is 4.39 Å². The van der Waals surface area contributed by atoms with E-state index in [0.717, 1.165) is 11.1 Å². The van der Waals surface area contributed by atoms with Gasteiger partial charge in [0.05, 0.1) is 12.6 Å². The summed E-state index contributed by atoms with van der Waals surface area (Å²) in [6, 6.07) is 25.7. The molecule has 3 rings (SSSR count). The molecule has 0 fully saturated rings. The predicted octanol–water partition coefficient (Wildman–Crippen LogP) is 4.24. The number of rotatable bonds is 9. The van der Waals surface area contributed by atoms with Crippen LogP contribution in [0.25, 0.3) is 0 Å². The number of hydrogen-bond acceptors (Lipinski definition) is 3. The van der Waals surface area contributed by atoms with Gasteiger partial charge in [0.15, 0.2) is 0 Å². The molecule has 150 valence electrons. The summed E-state index contributed by atoms with van der Waals surface area (Å²) in [5.74, 6) is -0.628. The molecule has 0 aliphatic carbocycles. The van der Waals surface area contributed by atoms with Crippen LogP contribution in [0, 0.1) is 5.82 Å². The van der Waals surface area contributed by atoms with Gasteiger partial charge in [-0.05, 0) is 35.7 Å². The highest BCUT2D eigenvalue weighted by Crippen LogP contribution is 2.28. The van der Waals surface area contributed by atoms with Gasteiger partial charge >= 0.3 is 0 Å². The summed E-state index contributed by atoms with van der Waals surface area (Å²) in [5.41, 5.74) is 2.55. The first-order chi connectivity index (χ1) is 14.2. The maximum atomic E-state index is 13.4. The van der Waals surface area contributed by atoms with Gasteiger partial charge in [-0.15, -0.1) is 0 Å². The van der Waals surface area contributed by atoms with Crippen molar-refractivity contribution in [3.63, 3.8) is 0 Å². The summed E-state index contributed by atoms with van der Waals surface area (Å²) in [7, 11) is 0. The number of amides is 1. The van der Waals surface area contributed by atoms with Gasteiger partial charge in [-0.1, -0.05) is 66.7 Å². The molecule has 0 atom stereocenters. The third-order valence-electron chi connectivity index (χ3n) is 4.65. The molecule has 0 bridgehead atoms. The van der Waals surface area contributed by atoms with Gasteiger partial charge in [0.2, 0.25) is 5.91 Å². The van der Waals surface area contributed by atoms with Crippen molar-refractivity contribution in [2.75, 3.05) is 25.0 Å². The van der Waals surface area contributed by atoms with Crippen molar-refractivity contribution in [2.45, 2.75) is 12.5 Å². The summed E-state index contributed by atoms with van der Waals surface area (Å²) >= 11 is 0. The molecule has 29 heavy (non-hydrogen) atoms. The fraction of sp³-hybridized carbons (Fsp3) is 0.208. The molecule has 2 N–H and O–H groups in total. The molecule has 0 aliphatic heterocycles. The lowest BCUT2D eigenvalue weighted by Gasteiger charge is -2.32. The molecule has 0 unspecified atom stereocenters. The first-order valence-corrected chi connectivity index (χ1v) is 9.67. The van der Waals surface area contributed by atoms with Crippen LogP contribution in [0.3, 0.4) is 0 Å². The van der Waals surface area contributed by atoms with Gasteiger partial charge in [0, 0.05) is 18.8 Å². The number of aliphatic hydroxyl groups excluding tert-OH is 1. The number of halogens is 1. The van der Waals surface area contributed by atoms with Crippen molar-refractivity contribution in [3.8, 4) is 0 Å². The summed E-state index contributed by atoms with van der Waals surface area (Å²) < 4.78 is 13.4. The number of hydrogen-bond donors (Lipinski definition) is 2. The summed E-state index contributed by atoms with van der Waals surface area (Å²) in [6.45, 7) is 0.699. The molecular weight excluding hydrogens is 367 g/mol. The maximum absolute atomic E-state index is 13.4. The Kier molecular flexibility index (Phi) is 7.50. The van der Waals surface area contributed by atoms with Crippen molar-refractivity contribution in [2.24, 2.45) is 0 Å². The van der Waals surface area contributed by atoms with Crippen molar-refractivity contribution >= 4 is 11.6 Å². The Bertz CT molecular complexity index is 864. The smallest absolute Gasteiger partial charge is 0.238 e. The fourth-order valence-corrected chi connectivity index (χ4v) is 3.41. The van der Waals surface area contributed by atoms with Crippen LogP contribution in [0.2, 0.25) is 0 Å². The molecule has 1 amide bonds. The van der Waals surface area contributed by atoms with Crippen LogP contribution >= 0.6 is 0 Å². The number of aliphatic hydroxyl groups is 1. The molecule has 0 saturated carbocycles. The van der Waals surface area contributed by atoms with E-state index >= 15 is 0 Å². The predicted molar refractivity (Wildman–Crippen MR) is 113 cm³/mol. The van der Waals surface area contributed by atoms with E-state index in [2.05, 4.69) is 5.32 Å². The van der Waals surface area contributed by atoms with E-state index in [9.17, 15) is 14.3 Å². The monoisotopic (exact) mass is 392 g/mol. The van der Waals surface area contributed by atoms with E-state index in [1.54, 1.807) is 12.1 Å². The molecule has 0 saturated heterocycles. The summed E-state index contributed by atoms with van der Waals surface area (Å²) in [5, 5.41) is 12.1. The molecule has 0 aliphatic rings. The lowest BCUT2D eigenvalue weighted by atomic mass is 9.96. The Balaban J connectivity index is 1.86. The lowest BCUT2D eigenvalue weighted by molar-refractivity contribution is -0.117. The van der Waals surface area contributed by atoms with Crippen LogP contribution in [0.5, 0.6) is 0 Å². The van der Waals surface area contributed by atoms with Gasteiger partial charge in [0.25, 0.3) is 0 Å². The molecule has 3 aromatic carbocycles. The molecule has 0 aromatic heterocycles. The van der Waals surface area contributed by atoms with Gasteiger partial charge in [-0.3, -0.25) is 9.69 Å². The number of carbonyl (C=O) groups is 1. The second-order valence-electron chi connectivity index (χ2n) is 6.83. The van der Waals surface area contributed by atoms with Crippen molar-refractivity contribution in [1.82, 2.24) is 4.90 Å². The van der Waals surface area contributed by atoms with Crippen molar-refractivity contribution in [1.29, 1.82) is 0 Å². The first-order valence-electron chi connectivity index (χ1n) is 9.67. The van der Waals surface area contributed by atoms with Crippen LogP contribution in [0.4, 0.5) is 10.1 Å². The first kappa shape index (κ1) is 20.7. The van der Waals surface area contributed by atoms with Crippen LogP contribution < -0.4 is 5.32 Å². The maximum Gasteiger partial charge on any atom is 0.238 e. The van der Waals surface area contributed by atoms with E-state index in [1.807, 2.05) is 65.6 Å². The number of nitrogens with zero attached hydrogens (tertiary/aromatic N) is 1. The Morgan fingerprint density at radius 2 is 1.55 bits per heavy atom. The SMILES string of the molecule is O=C(CN(CCCO)C(c1ccccc1)c1ccccc1)Nc1cccc(F)c1. The summed E-state index contributed by atoms with van der Waals surface area (Å²) in [6.07, 6.45) is 0.545. The molecule has 3 aromatic rings. The van der Waals surface area contributed by atoms with E-state index in [4.69, 9.17) is 0 Å². The molecule has 4 nitrogen and oxygen atoms in total.